The van der Waals surface area contributed by atoms with E-state index < -0.39 is 0 Å². The summed E-state index contributed by atoms with van der Waals surface area (Å²) in [7, 11) is 0. The van der Waals surface area contributed by atoms with Crippen LogP contribution < -0.4 is 0 Å². The fourth-order valence-corrected chi connectivity index (χ4v) is 1.97. The Morgan fingerprint density at radius 3 is 2.65 bits per heavy atom. The number of likely N-dealkylation sites (tertiary alicyclic amines) is 1. The van der Waals surface area contributed by atoms with Gasteiger partial charge in [-0.3, -0.25) is 4.79 Å². The summed E-state index contributed by atoms with van der Waals surface area (Å²) in [5.41, 5.74) is 0. The van der Waals surface area contributed by atoms with Crippen LogP contribution in [0.15, 0.2) is 36.9 Å². The Labute approximate surface area is 98.4 Å². The predicted molar refractivity (Wildman–Crippen MR) is 60.1 cm³/mol. The molecule has 1 saturated heterocycles. The molecule has 0 N–H and O–H groups in total. The van der Waals surface area contributed by atoms with Crippen molar-refractivity contribution in [1.29, 1.82) is 0 Å². The van der Waals surface area contributed by atoms with Gasteiger partial charge in [-0.15, -0.1) is 5.10 Å². The third kappa shape index (κ3) is 1.93. The van der Waals surface area contributed by atoms with Crippen LogP contribution in [0.3, 0.4) is 0 Å². The van der Waals surface area contributed by atoms with E-state index in [0.717, 1.165) is 13.1 Å². The number of nitrogens with zero attached hydrogens (tertiary/aromatic N) is 5. The molecule has 17 heavy (non-hydrogen) atoms. The summed E-state index contributed by atoms with van der Waals surface area (Å²) in [6.45, 7) is 1.87. The van der Waals surface area contributed by atoms with E-state index in [1.807, 2.05) is 40.2 Å². The summed E-state index contributed by atoms with van der Waals surface area (Å²) < 4.78 is 3.69. The SMILES string of the molecule is O=C(Cn1cccc1)N1CC(n2ccnn2)C1. The second kappa shape index (κ2) is 4.04. The number of hydrogen-bond acceptors (Lipinski definition) is 3. The Hall–Kier alpha value is -2.11. The van der Waals surface area contributed by atoms with Gasteiger partial charge in [0.2, 0.25) is 5.91 Å². The normalized spacial score (nSPS) is 15.9. The molecular formula is C11H13N5O. The van der Waals surface area contributed by atoms with Gasteiger partial charge in [-0.05, 0) is 12.1 Å². The Balaban J connectivity index is 1.54. The van der Waals surface area contributed by atoms with Crippen molar-refractivity contribution in [2.45, 2.75) is 12.6 Å². The van der Waals surface area contributed by atoms with Gasteiger partial charge in [-0.2, -0.15) is 0 Å². The Morgan fingerprint density at radius 2 is 2.00 bits per heavy atom. The standard InChI is InChI=1S/C11H13N5O/c17-11(9-14-4-1-2-5-14)15-7-10(8-15)16-6-3-12-13-16/h1-6,10H,7-9H2. The smallest absolute Gasteiger partial charge is 0.242 e. The molecule has 0 aromatic carbocycles. The molecule has 0 spiro atoms. The van der Waals surface area contributed by atoms with Crippen molar-refractivity contribution in [3.8, 4) is 0 Å². The van der Waals surface area contributed by atoms with Gasteiger partial charge >= 0.3 is 0 Å². The molecule has 1 amide bonds. The maximum absolute atomic E-state index is 11.9. The third-order valence-corrected chi connectivity index (χ3v) is 3.01. The fourth-order valence-electron chi connectivity index (χ4n) is 1.97. The van der Waals surface area contributed by atoms with Gasteiger partial charge in [-0.25, -0.2) is 4.68 Å². The zero-order valence-electron chi connectivity index (χ0n) is 9.31. The minimum absolute atomic E-state index is 0.151. The highest BCUT2D eigenvalue weighted by molar-refractivity contribution is 5.76. The highest BCUT2D eigenvalue weighted by atomic mass is 16.2. The van der Waals surface area contributed by atoms with Crippen LogP contribution in [0, 0.1) is 0 Å². The molecule has 1 aliphatic heterocycles. The summed E-state index contributed by atoms with van der Waals surface area (Å²) >= 11 is 0. The quantitative estimate of drug-likeness (QED) is 0.756. The first kappa shape index (κ1) is 10.1. The van der Waals surface area contributed by atoms with Crippen molar-refractivity contribution in [2.24, 2.45) is 0 Å². The molecule has 3 heterocycles. The zero-order chi connectivity index (χ0) is 11.7. The van der Waals surface area contributed by atoms with Gasteiger partial charge < -0.3 is 9.47 Å². The molecule has 0 atom stereocenters. The lowest BCUT2D eigenvalue weighted by Gasteiger charge is -2.38. The lowest BCUT2D eigenvalue weighted by Crippen LogP contribution is -2.51. The van der Waals surface area contributed by atoms with E-state index in [1.54, 1.807) is 10.9 Å². The van der Waals surface area contributed by atoms with Crippen molar-refractivity contribution in [1.82, 2.24) is 24.5 Å². The van der Waals surface area contributed by atoms with E-state index in [0.29, 0.717) is 6.54 Å². The molecule has 0 unspecified atom stereocenters. The minimum atomic E-state index is 0.151. The number of amides is 1. The second-order valence-corrected chi connectivity index (χ2v) is 4.19. The molecule has 0 radical (unpaired) electrons. The molecular weight excluding hydrogens is 218 g/mol. The lowest BCUT2D eigenvalue weighted by atomic mass is 10.1. The monoisotopic (exact) mass is 231 g/mol. The Bertz CT molecular complexity index is 484. The molecule has 2 aromatic rings. The van der Waals surface area contributed by atoms with Gasteiger partial charge in [0, 0.05) is 31.7 Å². The van der Waals surface area contributed by atoms with E-state index in [2.05, 4.69) is 10.3 Å². The maximum Gasteiger partial charge on any atom is 0.242 e. The van der Waals surface area contributed by atoms with Crippen LogP contribution >= 0.6 is 0 Å². The predicted octanol–water partition coefficient (Wildman–Crippen LogP) is 0.163. The van der Waals surface area contributed by atoms with Crippen molar-refractivity contribution in [3.05, 3.63) is 36.9 Å². The molecule has 3 rings (SSSR count). The van der Waals surface area contributed by atoms with Gasteiger partial charge in [0.05, 0.1) is 12.2 Å². The summed E-state index contributed by atoms with van der Waals surface area (Å²) in [5.74, 6) is 0.151. The summed E-state index contributed by atoms with van der Waals surface area (Å²) in [6, 6.07) is 4.12. The van der Waals surface area contributed by atoms with Crippen LogP contribution in [0.4, 0.5) is 0 Å². The van der Waals surface area contributed by atoms with Crippen LogP contribution in [0.2, 0.25) is 0 Å². The minimum Gasteiger partial charge on any atom is -0.345 e. The molecule has 0 saturated carbocycles. The van der Waals surface area contributed by atoms with Crippen molar-refractivity contribution >= 4 is 5.91 Å². The summed E-state index contributed by atoms with van der Waals surface area (Å²) in [6.07, 6.45) is 7.28. The van der Waals surface area contributed by atoms with Crippen LogP contribution in [0.5, 0.6) is 0 Å². The van der Waals surface area contributed by atoms with Crippen LogP contribution in [0.25, 0.3) is 0 Å². The molecule has 1 aliphatic rings. The van der Waals surface area contributed by atoms with Crippen molar-refractivity contribution in [2.75, 3.05) is 13.1 Å². The van der Waals surface area contributed by atoms with E-state index in [1.165, 1.54) is 0 Å². The average Bonchev–Trinajstić information content (AvgIpc) is 2.87. The summed E-state index contributed by atoms with van der Waals surface area (Å²) in [4.78, 5) is 13.7. The first-order chi connectivity index (χ1) is 8.33. The van der Waals surface area contributed by atoms with Crippen LogP contribution in [-0.2, 0) is 11.3 Å². The summed E-state index contributed by atoms with van der Waals surface area (Å²) in [5, 5.41) is 7.69. The topological polar surface area (TPSA) is 56.0 Å². The number of carbonyl (C=O) groups is 1. The molecule has 2 aromatic heterocycles. The first-order valence-corrected chi connectivity index (χ1v) is 5.57. The van der Waals surface area contributed by atoms with Gasteiger partial charge in [0.1, 0.15) is 6.54 Å². The van der Waals surface area contributed by atoms with Gasteiger partial charge in [0.15, 0.2) is 0 Å². The zero-order valence-corrected chi connectivity index (χ0v) is 9.31. The molecule has 0 bridgehead atoms. The van der Waals surface area contributed by atoms with E-state index in [4.69, 9.17) is 0 Å². The maximum atomic E-state index is 11.9. The van der Waals surface area contributed by atoms with Crippen molar-refractivity contribution < 1.29 is 4.79 Å². The molecule has 0 aliphatic carbocycles. The van der Waals surface area contributed by atoms with E-state index >= 15 is 0 Å². The van der Waals surface area contributed by atoms with Crippen LogP contribution in [0.1, 0.15) is 6.04 Å². The number of hydrogen-bond donors (Lipinski definition) is 0. The second-order valence-electron chi connectivity index (χ2n) is 4.19. The molecule has 6 nitrogen and oxygen atoms in total. The van der Waals surface area contributed by atoms with Crippen LogP contribution in [-0.4, -0.2) is 43.5 Å². The van der Waals surface area contributed by atoms with Gasteiger partial charge in [0.25, 0.3) is 0 Å². The van der Waals surface area contributed by atoms with Crippen molar-refractivity contribution in [3.63, 3.8) is 0 Å². The molecule has 6 heteroatoms. The lowest BCUT2D eigenvalue weighted by molar-refractivity contribution is -0.137. The molecule has 88 valence electrons. The highest BCUT2D eigenvalue weighted by Crippen LogP contribution is 2.19. The highest BCUT2D eigenvalue weighted by Gasteiger charge is 2.32. The Morgan fingerprint density at radius 1 is 1.24 bits per heavy atom. The number of aromatic nitrogens is 4. The number of carbonyl (C=O) groups excluding carboxylic acids is 1. The average molecular weight is 231 g/mol. The third-order valence-electron chi connectivity index (χ3n) is 3.01. The van der Waals surface area contributed by atoms with E-state index in [-0.39, 0.29) is 11.9 Å². The van der Waals surface area contributed by atoms with Gasteiger partial charge in [-0.1, -0.05) is 5.21 Å². The first-order valence-electron chi connectivity index (χ1n) is 5.57. The molecule has 1 fully saturated rings. The Kier molecular flexibility index (Phi) is 2.40. The van der Waals surface area contributed by atoms with E-state index in [9.17, 15) is 4.79 Å². The fraction of sp³-hybridized carbons (Fsp3) is 0.364. The largest absolute Gasteiger partial charge is 0.345 e. The number of rotatable bonds is 3.